The highest BCUT2D eigenvalue weighted by atomic mass is 16.6. The Morgan fingerprint density at radius 3 is 1.34 bits per heavy atom. The van der Waals surface area contributed by atoms with Crippen molar-refractivity contribution in [2.75, 3.05) is 23.7 Å². The van der Waals surface area contributed by atoms with Crippen molar-refractivity contribution in [1.29, 1.82) is 0 Å². The third-order valence-corrected chi connectivity index (χ3v) is 11.0. The average Bonchev–Trinajstić information content (AvgIpc) is 3.48. The Hall–Kier alpha value is -5.84. The van der Waals surface area contributed by atoms with Crippen LogP contribution in [0.5, 0.6) is 5.75 Å². The Labute approximate surface area is 347 Å². The Morgan fingerprint density at radius 1 is 0.559 bits per heavy atom. The topological polar surface area (TPSA) is 127 Å². The smallest absolute Gasteiger partial charge is 0.410 e. The zero-order chi connectivity index (χ0) is 41.9. The largest absolute Gasteiger partial charge is 0.489 e. The predicted molar refractivity (Wildman–Crippen MR) is 228 cm³/mol. The minimum atomic E-state index is -0.646. The normalized spacial score (nSPS) is 21.4. The first-order chi connectivity index (χ1) is 28.1. The number of carbonyl (C=O) groups is 4. The standard InChI is InChI=1S/C48H56N4O7/c1-47(2,3)58-45(55)51-28-10-14-38(51)43(53)49-35-22-16-32(17-23-35)40-41(42(40)34-20-26-37(27-21-34)57-30-31-12-8-7-9-13-31)33-18-24-36(25-19-33)50-44(54)39-15-11-29-52(39)46(56)59-48(4,5)6/h7-9,12-13,16-27,38-42H,10-11,14-15,28-30H2,1-6H3,(H,49,53)(H,50,54)/t38-,39-,40?,41?,42?/m0/s1. The van der Waals surface area contributed by atoms with Crippen LogP contribution < -0.4 is 15.4 Å². The first-order valence-electron chi connectivity index (χ1n) is 20.7. The molecule has 2 N–H and O–H groups in total. The molecule has 2 saturated heterocycles. The summed E-state index contributed by atoms with van der Waals surface area (Å²) >= 11 is 0. The van der Waals surface area contributed by atoms with Crippen LogP contribution in [0.2, 0.25) is 0 Å². The molecule has 0 aromatic heterocycles. The van der Waals surface area contributed by atoms with E-state index in [0.29, 0.717) is 43.9 Å². The van der Waals surface area contributed by atoms with Crippen molar-refractivity contribution in [3.63, 3.8) is 0 Å². The minimum Gasteiger partial charge on any atom is -0.489 e. The molecule has 11 heteroatoms. The molecule has 4 atom stereocenters. The molecule has 0 spiro atoms. The van der Waals surface area contributed by atoms with Crippen molar-refractivity contribution < 1.29 is 33.4 Å². The van der Waals surface area contributed by atoms with Crippen molar-refractivity contribution in [1.82, 2.24) is 9.80 Å². The Kier molecular flexibility index (Phi) is 12.0. The maximum Gasteiger partial charge on any atom is 0.410 e. The van der Waals surface area contributed by atoms with Gasteiger partial charge in [-0.2, -0.15) is 0 Å². The van der Waals surface area contributed by atoms with Gasteiger partial charge in [0.1, 0.15) is 35.6 Å². The summed E-state index contributed by atoms with van der Waals surface area (Å²) in [4.78, 5) is 55.5. The van der Waals surface area contributed by atoms with Gasteiger partial charge in [-0.25, -0.2) is 9.59 Å². The number of ether oxygens (including phenoxy) is 3. The van der Waals surface area contributed by atoms with Crippen LogP contribution in [0.25, 0.3) is 0 Å². The highest BCUT2D eigenvalue weighted by Crippen LogP contribution is 2.66. The Balaban J connectivity index is 1.05. The second-order valence-electron chi connectivity index (χ2n) is 17.8. The first-order valence-corrected chi connectivity index (χ1v) is 20.7. The fourth-order valence-corrected chi connectivity index (χ4v) is 8.27. The second-order valence-corrected chi connectivity index (χ2v) is 17.8. The van der Waals surface area contributed by atoms with Gasteiger partial charge >= 0.3 is 12.2 Å². The molecule has 310 valence electrons. The van der Waals surface area contributed by atoms with Crippen LogP contribution >= 0.6 is 0 Å². The van der Waals surface area contributed by atoms with E-state index in [9.17, 15) is 19.2 Å². The molecule has 3 aliphatic rings. The molecule has 7 rings (SSSR count). The van der Waals surface area contributed by atoms with Crippen LogP contribution in [0.3, 0.4) is 0 Å². The van der Waals surface area contributed by atoms with Crippen molar-refractivity contribution in [2.24, 2.45) is 0 Å². The van der Waals surface area contributed by atoms with Gasteiger partial charge in [-0.15, -0.1) is 0 Å². The van der Waals surface area contributed by atoms with Crippen LogP contribution in [0, 0.1) is 0 Å². The number of nitrogens with one attached hydrogen (secondary N) is 2. The van der Waals surface area contributed by atoms with Crippen LogP contribution in [-0.2, 0) is 25.7 Å². The molecule has 4 aromatic rings. The van der Waals surface area contributed by atoms with Gasteiger partial charge in [0.2, 0.25) is 11.8 Å². The van der Waals surface area contributed by atoms with E-state index in [1.807, 2.05) is 108 Å². The number of rotatable bonds is 10. The van der Waals surface area contributed by atoms with Crippen molar-refractivity contribution in [2.45, 2.75) is 115 Å². The molecule has 59 heavy (non-hydrogen) atoms. The van der Waals surface area contributed by atoms with Gasteiger partial charge in [0.15, 0.2) is 0 Å². The number of amides is 4. The van der Waals surface area contributed by atoms with Crippen molar-refractivity contribution in [3.05, 3.63) is 125 Å². The van der Waals surface area contributed by atoms with E-state index < -0.39 is 35.5 Å². The van der Waals surface area contributed by atoms with Gasteiger partial charge in [0, 0.05) is 24.5 Å². The summed E-state index contributed by atoms with van der Waals surface area (Å²) in [5.41, 5.74) is 4.60. The third-order valence-electron chi connectivity index (χ3n) is 11.0. The van der Waals surface area contributed by atoms with Gasteiger partial charge in [-0.1, -0.05) is 66.7 Å². The van der Waals surface area contributed by atoms with E-state index >= 15 is 0 Å². The van der Waals surface area contributed by atoms with Gasteiger partial charge in [-0.05, 0) is 144 Å². The highest BCUT2D eigenvalue weighted by molar-refractivity contribution is 5.97. The number of anilines is 2. The molecule has 0 bridgehead atoms. The fraction of sp³-hybridized carbons (Fsp3) is 0.417. The number of hydrogen-bond donors (Lipinski definition) is 2. The van der Waals surface area contributed by atoms with Crippen LogP contribution in [0.15, 0.2) is 103 Å². The molecule has 3 fully saturated rings. The third kappa shape index (κ3) is 10.2. The van der Waals surface area contributed by atoms with E-state index in [-0.39, 0.29) is 29.6 Å². The van der Waals surface area contributed by atoms with Crippen LogP contribution in [0.1, 0.15) is 107 Å². The maximum absolute atomic E-state index is 13.4. The average molecular weight is 801 g/mol. The lowest BCUT2D eigenvalue weighted by atomic mass is 10.0. The Morgan fingerprint density at radius 2 is 0.949 bits per heavy atom. The predicted octanol–water partition coefficient (Wildman–Crippen LogP) is 9.61. The zero-order valence-electron chi connectivity index (χ0n) is 34.9. The molecule has 2 heterocycles. The van der Waals surface area contributed by atoms with Crippen LogP contribution in [0.4, 0.5) is 21.0 Å². The number of hydrogen-bond acceptors (Lipinski definition) is 7. The summed E-state index contributed by atoms with van der Waals surface area (Å²) in [6, 6.07) is 33.2. The minimum absolute atomic E-state index is 0.162. The van der Waals surface area contributed by atoms with Crippen molar-refractivity contribution in [3.8, 4) is 5.75 Å². The number of likely N-dealkylation sites (tertiary alicyclic amines) is 2. The molecular weight excluding hydrogens is 745 g/mol. The number of benzene rings is 4. The summed E-state index contributed by atoms with van der Waals surface area (Å²) in [7, 11) is 0. The molecule has 11 nitrogen and oxygen atoms in total. The molecule has 4 amide bonds. The summed E-state index contributed by atoms with van der Waals surface area (Å²) in [5, 5.41) is 6.06. The maximum atomic E-state index is 13.4. The summed E-state index contributed by atoms with van der Waals surface area (Å²) in [6.45, 7) is 12.4. The van der Waals surface area contributed by atoms with E-state index in [4.69, 9.17) is 14.2 Å². The zero-order valence-corrected chi connectivity index (χ0v) is 34.9. The molecule has 2 aliphatic heterocycles. The SMILES string of the molecule is CC(C)(C)OC(=O)N1CCC[C@H]1C(=O)Nc1ccc(C2C(c3ccc(NC(=O)[C@@H]4CCCN4C(=O)OC(C)(C)C)cc3)C2c2ccc(OCc3ccccc3)cc2)cc1. The lowest BCUT2D eigenvalue weighted by molar-refractivity contribution is -0.121. The summed E-state index contributed by atoms with van der Waals surface area (Å²) in [6.07, 6.45) is 1.70. The van der Waals surface area contributed by atoms with E-state index in [1.54, 1.807) is 0 Å². The number of carbonyl (C=O) groups excluding carboxylic acids is 4. The molecule has 4 aromatic carbocycles. The summed E-state index contributed by atoms with van der Waals surface area (Å²) in [5.74, 6) is 0.850. The lowest BCUT2D eigenvalue weighted by Gasteiger charge is -2.28. The van der Waals surface area contributed by atoms with Gasteiger partial charge in [-0.3, -0.25) is 19.4 Å². The van der Waals surface area contributed by atoms with E-state index in [2.05, 4.69) is 47.0 Å². The molecular formula is C48H56N4O7. The molecule has 2 unspecified atom stereocenters. The second kappa shape index (κ2) is 17.2. The fourth-order valence-electron chi connectivity index (χ4n) is 8.27. The molecule has 0 radical (unpaired) electrons. The summed E-state index contributed by atoms with van der Waals surface area (Å²) < 4.78 is 17.2. The van der Waals surface area contributed by atoms with Crippen molar-refractivity contribution >= 4 is 35.4 Å². The van der Waals surface area contributed by atoms with Gasteiger partial charge in [0.25, 0.3) is 0 Å². The first kappa shape index (κ1) is 41.3. The lowest BCUT2D eigenvalue weighted by Crippen LogP contribution is -2.45. The van der Waals surface area contributed by atoms with Gasteiger partial charge in [0.05, 0.1) is 0 Å². The van der Waals surface area contributed by atoms with Gasteiger partial charge < -0.3 is 24.8 Å². The quantitative estimate of drug-likeness (QED) is 0.164. The van der Waals surface area contributed by atoms with E-state index in [1.165, 1.54) is 15.4 Å². The van der Waals surface area contributed by atoms with Crippen LogP contribution in [-0.4, -0.2) is 70.2 Å². The molecule has 1 aliphatic carbocycles. The van der Waals surface area contributed by atoms with E-state index in [0.717, 1.165) is 35.3 Å². The highest BCUT2D eigenvalue weighted by Gasteiger charge is 2.52. The monoisotopic (exact) mass is 800 g/mol. The Bertz CT molecular complexity index is 2000. The number of nitrogens with zero attached hydrogens (tertiary/aromatic N) is 2. The molecule has 1 saturated carbocycles.